The molecular formula is C57H100O6. The van der Waals surface area contributed by atoms with Gasteiger partial charge in [0.25, 0.3) is 0 Å². The molecule has 1 atom stereocenters. The highest BCUT2D eigenvalue weighted by atomic mass is 16.6. The molecule has 0 amide bonds. The third-order valence-electron chi connectivity index (χ3n) is 11.7. The summed E-state index contributed by atoms with van der Waals surface area (Å²) < 4.78 is 16.8. The van der Waals surface area contributed by atoms with Gasteiger partial charge in [0.1, 0.15) is 13.2 Å². The van der Waals surface area contributed by atoms with Gasteiger partial charge in [0, 0.05) is 19.3 Å². The van der Waals surface area contributed by atoms with Gasteiger partial charge in [-0.25, -0.2) is 0 Å². The molecule has 1 unspecified atom stereocenters. The van der Waals surface area contributed by atoms with Crippen LogP contribution in [0.4, 0.5) is 0 Å². The van der Waals surface area contributed by atoms with Gasteiger partial charge < -0.3 is 14.2 Å². The molecule has 0 radical (unpaired) electrons. The molecule has 0 saturated heterocycles. The SMILES string of the molecule is CC\C=C/C=C\C=C/C=C\C=C/CCCCCC(=O)OCC(COC(=O)CCCCCCCCCCCCCCCCC)OC(=O)CCCCCCCCCCCCCCCCC. The van der Waals surface area contributed by atoms with E-state index in [4.69, 9.17) is 14.2 Å². The van der Waals surface area contributed by atoms with E-state index in [1.165, 1.54) is 154 Å². The summed E-state index contributed by atoms with van der Waals surface area (Å²) in [4.78, 5) is 38.0. The van der Waals surface area contributed by atoms with E-state index in [-0.39, 0.29) is 31.1 Å². The van der Waals surface area contributed by atoms with E-state index in [0.717, 1.165) is 70.6 Å². The number of esters is 3. The molecule has 6 heteroatoms. The highest BCUT2D eigenvalue weighted by Crippen LogP contribution is 2.16. The first-order valence-corrected chi connectivity index (χ1v) is 26.9. The first-order valence-electron chi connectivity index (χ1n) is 26.9. The average molecular weight is 881 g/mol. The molecule has 0 spiro atoms. The van der Waals surface area contributed by atoms with Crippen LogP contribution in [-0.2, 0) is 28.6 Å². The minimum absolute atomic E-state index is 0.0843. The fraction of sp³-hybridized carbons (Fsp3) is 0.772. The van der Waals surface area contributed by atoms with Gasteiger partial charge in [0.15, 0.2) is 6.10 Å². The summed E-state index contributed by atoms with van der Waals surface area (Å²) in [5.41, 5.74) is 0. The summed E-state index contributed by atoms with van der Waals surface area (Å²) >= 11 is 0. The molecule has 0 aliphatic rings. The smallest absolute Gasteiger partial charge is 0.306 e. The predicted octanol–water partition coefficient (Wildman–Crippen LogP) is 17.6. The Balaban J connectivity index is 4.42. The van der Waals surface area contributed by atoms with Gasteiger partial charge in [0.2, 0.25) is 0 Å². The van der Waals surface area contributed by atoms with Gasteiger partial charge in [-0.15, -0.1) is 0 Å². The van der Waals surface area contributed by atoms with Crippen molar-refractivity contribution in [3.05, 3.63) is 60.8 Å². The molecule has 0 aromatic heterocycles. The second-order valence-electron chi connectivity index (χ2n) is 17.9. The number of hydrogen-bond donors (Lipinski definition) is 0. The van der Waals surface area contributed by atoms with Crippen LogP contribution < -0.4 is 0 Å². The number of rotatable bonds is 48. The second kappa shape index (κ2) is 51.7. The summed E-state index contributed by atoms with van der Waals surface area (Å²) in [6.45, 7) is 6.48. The van der Waals surface area contributed by atoms with Gasteiger partial charge >= 0.3 is 17.9 Å². The maximum atomic E-state index is 12.8. The van der Waals surface area contributed by atoms with E-state index >= 15 is 0 Å². The van der Waals surface area contributed by atoms with Crippen LogP contribution in [0.25, 0.3) is 0 Å². The third kappa shape index (κ3) is 50.0. The van der Waals surface area contributed by atoms with Crippen molar-refractivity contribution in [1.82, 2.24) is 0 Å². The summed E-state index contributed by atoms with van der Waals surface area (Å²) in [6, 6.07) is 0. The van der Waals surface area contributed by atoms with Crippen LogP contribution in [0, 0.1) is 0 Å². The molecular weight excluding hydrogens is 781 g/mol. The number of unbranched alkanes of at least 4 members (excludes halogenated alkanes) is 31. The maximum absolute atomic E-state index is 12.8. The summed E-state index contributed by atoms with van der Waals surface area (Å²) in [5, 5.41) is 0. The van der Waals surface area contributed by atoms with E-state index < -0.39 is 6.10 Å². The Morgan fingerprint density at radius 1 is 0.333 bits per heavy atom. The fourth-order valence-corrected chi connectivity index (χ4v) is 7.64. The first kappa shape index (κ1) is 60.1. The zero-order valence-corrected chi connectivity index (χ0v) is 41.6. The maximum Gasteiger partial charge on any atom is 0.306 e. The molecule has 364 valence electrons. The molecule has 0 aliphatic carbocycles. The van der Waals surface area contributed by atoms with Crippen LogP contribution in [0.1, 0.15) is 265 Å². The van der Waals surface area contributed by atoms with Crippen LogP contribution in [-0.4, -0.2) is 37.2 Å². The molecule has 6 nitrogen and oxygen atoms in total. The lowest BCUT2D eigenvalue weighted by Crippen LogP contribution is -2.30. The number of carbonyl (C=O) groups excluding carboxylic acids is 3. The standard InChI is InChI=1S/C57H100O6/c1-4-7-10-13-16-19-22-25-28-31-34-37-40-43-46-49-55(58)61-52-54(63-57(60)51-48-45-42-39-36-33-30-27-24-21-18-15-12-9-6-3)53-62-56(59)50-47-44-41-38-35-32-29-26-23-20-17-14-11-8-5-2/h7,10,13,16,19,22,25,28,31,34,54H,4-6,8-9,11-12,14-15,17-18,20-21,23-24,26-27,29-30,32-33,35-53H2,1-3H3/b10-7-,16-13-,22-19-,28-25-,34-31-. The van der Waals surface area contributed by atoms with Crippen LogP contribution in [0.15, 0.2) is 60.8 Å². The van der Waals surface area contributed by atoms with Crippen molar-refractivity contribution in [2.24, 2.45) is 0 Å². The highest BCUT2D eigenvalue weighted by molar-refractivity contribution is 5.71. The predicted molar refractivity (Wildman–Crippen MR) is 270 cm³/mol. The van der Waals surface area contributed by atoms with Crippen molar-refractivity contribution in [3.63, 3.8) is 0 Å². The quantitative estimate of drug-likeness (QED) is 0.0262. The molecule has 0 bridgehead atoms. The van der Waals surface area contributed by atoms with Crippen molar-refractivity contribution in [3.8, 4) is 0 Å². The van der Waals surface area contributed by atoms with E-state index in [2.05, 4.69) is 32.9 Å². The Morgan fingerprint density at radius 3 is 0.968 bits per heavy atom. The van der Waals surface area contributed by atoms with E-state index in [1.54, 1.807) is 0 Å². The molecule has 0 aromatic rings. The summed E-state index contributed by atoms with van der Waals surface area (Å²) in [5.74, 6) is -0.917. The van der Waals surface area contributed by atoms with E-state index in [9.17, 15) is 14.4 Å². The Hall–Kier alpha value is -2.89. The van der Waals surface area contributed by atoms with E-state index in [1.807, 2.05) is 48.6 Å². The van der Waals surface area contributed by atoms with E-state index in [0.29, 0.717) is 19.3 Å². The van der Waals surface area contributed by atoms with Gasteiger partial charge in [-0.3, -0.25) is 14.4 Å². The van der Waals surface area contributed by atoms with Gasteiger partial charge in [-0.05, 0) is 38.5 Å². The van der Waals surface area contributed by atoms with Gasteiger partial charge in [-0.2, -0.15) is 0 Å². The summed E-state index contributed by atoms with van der Waals surface area (Å²) in [6.07, 6.45) is 63.4. The third-order valence-corrected chi connectivity index (χ3v) is 11.7. The van der Waals surface area contributed by atoms with Crippen molar-refractivity contribution in [1.29, 1.82) is 0 Å². The Morgan fingerprint density at radius 2 is 0.619 bits per heavy atom. The Bertz CT molecular complexity index is 1150. The van der Waals surface area contributed by atoms with Gasteiger partial charge in [-0.1, -0.05) is 268 Å². The number of carbonyl (C=O) groups is 3. The van der Waals surface area contributed by atoms with Crippen LogP contribution in [0.2, 0.25) is 0 Å². The highest BCUT2D eigenvalue weighted by Gasteiger charge is 2.19. The number of ether oxygens (including phenoxy) is 3. The van der Waals surface area contributed by atoms with Crippen molar-refractivity contribution < 1.29 is 28.6 Å². The molecule has 0 heterocycles. The summed E-state index contributed by atoms with van der Waals surface area (Å²) in [7, 11) is 0. The first-order chi connectivity index (χ1) is 31.0. The molecule has 0 aromatic carbocycles. The van der Waals surface area contributed by atoms with Crippen LogP contribution >= 0.6 is 0 Å². The Kier molecular flexibility index (Phi) is 49.4. The number of hydrogen-bond acceptors (Lipinski definition) is 6. The largest absolute Gasteiger partial charge is 0.462 e. The van der Waals surface area contributed by atoms with Crippen LogP contribution in [0.5, 0.6) is 0 Å². The minimum Gasteiger partial charge on any atom is -0.462 e. The molecule has 0 saturated carbocycles. The van der Waals surface area contributed by atoms with Crippen LogP contribution in [0.3, 0.4) is 0 Å². The minimum atomic E-state index is -0.787. The molecule has 0 fully saturated rings. The number of allylic oxidation sites excluding steroid dienone is 10. The lowest BCUT2D eigenvalue weighted by molar-refractivity contribution is -0.167. The Labute approximate surface area is 390 Å². The lowest BCUT2D eigenvalue weighted by Gasteiger charge is -2.18. The monoisotopic (exact) mass is 881 g/mol. The fourth-order valence-electron chi connectivity index (χ4n) is 7.64. The van der Waals surface area contributed by atoms with Crippen molar-refractivity contribution in [2.75, 3.05) is 13.2 Å². The molecule has 0 rings (SSSR count). The molecule has 0 N–H and O–H groups in total. The average Bonchev–Trinajstić information content (AvgIpc) is 3.28. The molecule has 63 heavy (non-hydrogen) atoms. The van der Waals surface area contributed by atoms with Crippen molar-refractivity contribution in [2.45, 2.75) is 271 Å². The normalized spacial score (nSPS) is 12.5. The topological polar surface area (TPSA) is 78.9 Å². The zero-order chi connectivity index (χ0) is 45.8. The second-order valence-corrected chi connectivity index (χ2v) is 17.9. The van der Waals surface area contributed by atoms with Gasteiger partial charge in [0.05, 0.1) is 0 Å². The lowest BCUT2D eigenvalue weighted by atomic mass is 10.0. The van der Waals surface area contributed by atoms with Crippen molar-refractivity contribution >= 4 is 17.9 Å². The zero-order valence-electron chi connectivity index (χ0n) is 41.6. The molecule has 0 aliphatic heterocycles.